The van der Waals surface area contributed by atoms with Crippen LogP contribution in [0, 0.1) is 6.92 Å². The molecule has 0 radical (unpaired) electrons. The zero-order valence-electron chi connectivity index (χ0n) is 17.7. The molecule has 8 nitrogen and oxygen atoms in total. The van der Waals surface area contributed by atoms with Crippen molar-refractivity contribution in [3.05, 3.63) is 70.4 Å². The average molecular weight is 456 g/mol. The first-order valence-electron chi connectivity index (χ1n) is 9.63. The molecule has 1 atom stereocenters. The van der Waals surface area contributed by atoms with Crippen LogP contribution in [-0.4, -0.2) is 25.9 Å². The molecule has 0 saturated carbocycles. The summed E-state index contributed by atoms with van der Waals surface area (Å²) in [6.45, 7) is 1.50. The monoisotopic (exact) mass is 456 g/mol. The third-order valence-corrected chi connectivity index (χ3v) is 5.93. The van der Waals surface area contributed by atoms with Crippen LogP contribution in [-0.2, 0) is 13.6 Å². The zero-order chi connectivity index (χ0) is 22.9. The second-order valence-electron chi connectivity index (χ2n) is 7.02. The fraction of sp³-hybridized carbons (Fsp3) is 0.174. The number of benzene rings is 3. The molecular weight excluding hydrogens is 435 g/mol. The summed E-state index contributed by atoms with van der Waals surface area (Å²) < 4.78 is 37.2. The first kappa shape index (κ1) is 22.0. The van der Waals surface area contributed by atoms with Gasteiger partial charge < -0.3 is 18.8 Å². The molecule has 1 unspecified atom stereocenters. The summed E-state index contributed by atoms with van der Waals surface area (Å²) in [6.07, 6.45) is 0. The van der Waals surface area contributed by atoms with Gasteiger partial charge in [0.05, 0.1) is 7.11 Å². The van der Waals surface area contributed by atoms with Crippen LogP contribution in [0.5, 0.6) is 11.5 Å². The van der Waals surface area contributed by atoms with Crippen molar-refractivity contribution in [3.8, 4) is 33.9 Å². The van der Waals surface area contributed by atoms with Crippen molar-refractivity contribution in [1.82, 2.24) is 0 Å². The second kappa shape index (κ2) is 8.76. The normalized spacial score (nSPS) is 13.2. The zero-order valence-corrected chi connectivity index (χ0v) is 18.5. The Morgan fingerprint density at radius 1 is 0.969 bits per heavy atom. The molecule has 0 saturated heterocycles. The minimum absolute atomic E-state index is 0.169. The number of ether oxygens (including phenoxy) is 2. The van der Waals surface area contributed by atoms with Crippen molar-refractivity contribution in [2.75, 3.05) is 21.0 Å². The van der Waals surface area contributed by atoms with Gasteiger partial charge in [-0.2, -0.15) is 0 Å². The fourth-order valence-corrected chi connectivity index (χ4v) is 3.78. The number of phosphoric ester groups is 1. The molecule has 166 valence electrons. The molecule has 0 aromatic heterocycles. The Bertz CT molecular complexity index is 1360. The van der Waals surface area contributed by atoms with E-state index in [4.69, 9.17) is 18.4 Å². The Balaban J connectivity index is 1.85. The van der Waals surface area contributed by atoms with E-state index in [-0.39, 0.29) is 5.43 Å². The molecule has 2 aliphatic rings. The van der Waals surface area contributed by atoms with Gasteiger partial charge in [-0.3, -0.25) is 9.32 Å². The maximum absolute atomic E-state index is 12.0. The average Bonchev–Trinajstić information content (AvgIpc) is 2.77. The first-order chi connectivity index (χ1) is 15.3. The van der Waals surface area contributed by atoms with Gasteiger partial charge in [-0.15, -0.1) is 0 Å². The molecule has 2 aromatic carbocycles. The minimum Gasteiger partial charge on any atom is -0.497 e. The van der Waals surface area contributed by atoms with Crippen LogP contribution in [0.1, 0.15) is 5.56 Å². The Kier molecular flexibility index (Phi) is 6.04. The highest BCUT2D eigenvalue weighted by atomic mass is 31.2. The first-order valence-corrected chi connectivity index (χ1v) is 11.1. The molecule has 0 fully saturated rings. The molecule has 0 spiro atoms. The summed E-state index contributed by atoms with van der Waals surface area (Å²) in [5.41, 5.74) is 3.97. The number of fused-ring (bicyclic) bond motifs is 2. The number of phosphoric acid groups is 1. The number of methoxy groups -OCH3 is 1. The Hall–Kier alpha value is -3.16. The lowest BCUT2D eigenvalue weighted by Gasteiger charge is -2.18. The topological polar surface area (TPSA) is 104 Å². The van der Waals surface area contributed by atoms with Gasteiger partial charge in [-0.1, -0.05) is 6.07 Å². The van der Waals surface area contributed by atoms with E-state index < -0.39 is 14.6 Å². The summed E-state index contributed by atoms with van der Waals surface area (Å²) in [7, 11) is -1.47. The molecule has 9 heteroatoms. The van der Waals surface area contributed by atoms with Crippen molar-refractivity contribution in [2.45, 2.75) is 6.92 Å². The van der Waals surface area contributed by atoms with Crippen LogP contribution in [0.15, 0.2) is 63.8 Å². The molecule has 1 aliphatic carbocycles. The summed E-state index contributed by atoms with van der Waals surface area (Å²) in [5.74, 6) is 1.53. The van der Waals surface area contributed by atoms with Crippen LogP contribution in [0.25, 0.3) is 33.4 Å². The molecular formula is C23H21O8P. The maximum Gasteiger partial charge on any atom is 0.474 e. The summed E-state index contributed by atoms with van der Waals surface area (Å²) >= 11 is 0. The summed E-state index contributed by atoms with van der Waals surface area (Å²) in [6, 6.07) is 15.6. The van der Waals surface area contributed by atoms with Crippen LogP contribution in [0.3, 0.4) is 0 Å². The number of hydrogen-bond acceptors (Lipinski definition) is 7. The van der Waals surface area contributed by atoms with Crippen molar-refractivity contribution >= 4 is 18.8 Å². The molecule has 0 amide bonds. The van der Waals surface area contributed by atoms with Gasteiger partial charge in [0, 0.05) is 35.8 Å². The van der Waals surface area contributed by atoms with Gasteiger partial charge in [-0.25, -0.2) is 9.09 Å². The largest absolute Gasteiger partial charge is 0.497 e. The number of rotatable bonds is 7. The van der Waals surface area contributed by atoms with E-state index in [2.05, 4.69) is 4.52 Å². The summed E-state index contributed by atoms with van der Waals surface area (Å²) in [4.78, 5) is 21.3. The van der Waals surface area contributed by atoms with Crippen molar-refractivity contribution in [1.29, 1.82) is 0 Å². The molecule has 0 bridgehead atoms. The van der Waals surface area contributed by atoms with Gasteiger partial charge in [0.2, 0.25) is 0 Å². The highest BCUT2D eigenvalue weighted by Gasteiger charge is 2.20. The van der Waals surface area contributed by atoms with E-state index in [1.807, 2.05) is 31.2 Å². The Morgan fingerprint density at radius 3 is 2.44 bits per heavy atom. The van der Waals surface area contributed by atoms with Gasteiger partial charge in [-0.05, 0) is 54.4 Å². The lowest BCUT2D eigenvalue weighted by Crippen LogP contribution is -2.03. The molecule has 2 aromatic rings. The Labute approximate surface area is 183 Å². The SMILES string of the molecule is COc1ccc(-c2c3ccc(=O)cc-3oc3cc(OCOP(=O)(O)OC)ccc23)c(C)c1. The van der Waals surface area contributed by atoms with Gasteiger partial charge in [0.15, 0.2) is 12.2 Å². The van der Waals surface area contributed by atoms with Crippen molar-refractivity contribution in [2.24, 2.45) is 0 Å². The van der Waals surface area contributed by atoms with E-state index in [9.17, 15) is 14.3 Å². The van der Waals surface area contributed by atoms with Crippen molar-refractivity contribution < 1.29 is 32.4 Å². The van der Waals surface area contributed by atoms with Crippen LogP contribution in [0.2, 0.25) is 0 Å². The van der Waals surface area contributed by atoms with E-state index in [0.29, 0.717) is 17.1 Å². The minimum atomic E-state index is -4.15. The Morgan fingerprint density at radius 2 is 1.72 bits per heavy atom. The molecule has 32 heavy (non-hydrogen) atoms. The number of hydrogen-bond donors (Lipinski definition) is 1. The van der Waals surface area contributed by atoms with E-state index in [1.54, 1.807) is 25.3 Å². The van der Waals surface area contributed by atoms with Crippen LogP contribution < -0.4 is 14.9 Å². The molecule has 1 heterocycles. The highest BCUT2D eigenvalue weighted by molar-refractivity contribution is 7.47. The molecule has 4 rings (SSSR count). The third kappa shape index (κ3) is 4.40. The fourth-order valence-electron chi connectivity index (χ4n) is 3.49. The second-order valence-corrected chi connectivity index (χ2v) is 8.58. The number of aryl methyl sites for hydroxylation is 1. The predicted molar refractivity (Wildman–Crippen MR) is 119 cm³/mol. The van der Waals surface area contributed by atoms with E-state index >= 15 is 0 Å². The van der Waals surface area contributed by atoms with Crippen LogP contribution >= 0.6 is 7.82 Å². The van der Waals surface area contributed by atoms with Gasteiger partial charge >= 0.3 is 7.82 Å². The lowest BCUT2D eigenvalue weighted by atomic mass is 9.91. The standard InChI is InChI=1S/C23H21O8P/c1-14-10-16(27-2)5-8-18(14)23-19-7-4-15(24)11-21(19)31-22-12-17(6-9-20(22)23)29-13-30-32(25,26)28-3/h4-12H,13H2,1-3H3,(H,25,26). The van der Waals surface area contributed by atoms with Gasteiger partial charge in [0.25, 0.3) is 0 Å². The quantitative estimate of drug-likeness (QED) is 0.236. The van der Waals surface area contributed by atoms with Crippen LogP contribution in [0.4, 0.5) is 0 Å². The smallest absolute Gasteiger partial charge is 0.474 e. The van der Waals surface area contributed by atoms with Gasteiger partial charge in [0.1, 0.15) is 22.8 Å². The molecule has 1 aliphatic heterocycles. The highest BCUT2D eigenvalue weighted by Crippen LogP contribution is 2.43. The predicted octanol–water partition coefficient (Wildman–Crippen LogP) is 4.98. The van der Waals surface area contributed by atoms with E-state index in [0.717, 1.165) is 40.5 Å². The van der Waals surface area contributed by atoms with Crippen molar-refractivity contribution in [3.63, 3.8) is 0 Å². The lowest BCUT2D eigenvalue weighted by molar-refractivity contribution is 0.0751. The summed E-state index contributed by atoms with van der Waals surface area (Å²) in [5, 5.41) is 0.808. The molecule has 1 N–H and O–H groups in total. The van der Waals surface area contributed by atoms with E-state index in [1.165, 1.54) is 12.1 Å². The third-order valence-electron chi connectivity index (χ3n) is 5.04. The maximum atomic E-state index is 12.0.